The number of hydrazone groups is 1. The van der Waals surface area contributed by atoms with Crippen LogP contribution in [0.1, 0.15) is 19.4 Å². The molecule has 0 fully saturated rings. The molecule has 1 amide bonds. The van der Waals surface area contributed by atoms with Gasteiger partial charge in [0, 0.05) is 12.1 Å². The van der Waals surface area contributed by atoms with Crippen LogP contribution in [0.25, 0.3) is 22.5 Å². The maximum Gasteiger partial charge on any atom is 0.250 e. The molecule has 6 nitrogen and oxygen atoms in total. The molecule has 0 bridgehead atoms. The van der Waals surface area contributed by atoms with E-state index in [-0.39, 0.29) is 11.7 Å². The van der Waals surface area contributed by atoms with Gasteiger partial charge in [-0.2, -0.15) is 5.10 Å². The molecule has 4 aromatic rings. The van der Waals surface area contributed by atoms with Crippen molar-refractivity contribution < 1.29 is 4.79 Å². The number of aromatic nitrogens is 3. The van der Waals surface area contributed by atoms with Crippen LogP contribution in [-0.4, -0.2) is 32.1 Å². The molecular formula is C26H25N5OS. The number of hydrogen-bond donors (Lipinski definition) is 1. The lowest BCUT2D eigenvalue weighted by Gasteiger charge is -2.07. The van der Waals surface area contributed by atoms with Crippen LogP contribution >= 0.6 is 11.8 Å². The Kier molecular flexibility index (Phi) is 7.32. The summed E-state index contributed by atoms with van der Waals surface area (Å²) in [7, 11) is 0. The van der Waals surface area contributed by atoms with Crippen LogP contribution in [0, 0.1) is 0 Å². The van der Waals surface area contributed by atoms with Crippen molar-refractivity contribution in [1.82, 2.24) is 20.2 Å². The van der Waals surface area contributed by atoms with Gasteiger partial charge >= 0.3 is 0 Å². The molecule has 1 N–H and O–H groups in total. The highest BCUT2D eigenvalue weighted by molar-refractivity contribution is 7.99. The number of hydrogen-bond acceptors (Lipinski definition) is 5. The smallest absolute Gasteiger partial charge is 0.250 e. The minimum absolute atomic E-state index is 0.188. The largest absolute Gasteiger partial charge is 0.302 e. The Balaban J connectivity index is 1.35. The molecule has 0 radical (unpaired) electrons. The Morgan fingerprint density at radius 1 is 0.879 bits per heavy atom. The van der Waals surface area contributed by atoms with Crippen molar-refractivity contribution in [2.45, 2.75) is 25.5 Å². The van der Waals surface area contributed by atoms with E-state index in [1.807, 2.05) is 79.1 Å². The highest BCUT2D eigenvalue weighted by Gasteiger charge is 2.14. The Labute approximate surface area is 197 Å². The van der Waals surface area contributed by atoms with Crippen molar-refractivity contribution in [3.63, 3.8) is 0 Å². The zero-order valence-corrected chi connectivity index (χ0v) is 19.4. The van der Waals surface area contributed by atoms with Crippen molar-refractivity contribution in [3.8, 4) is 22.5 Å². The molecule has 0 unspecified atom stereocenters. The van der Waals surface area contributed by atoms with Crippen molar-refractivity contribution in [3.05, 3.63) is 90.5 Å². The van der Waals surface area contributed by atoms with Crippen LogP contribution in [-0.2, 0) is 11.3 Å². The lowest BCUT2D eigenvalue weighted by Crippen LogP contribution is -2.21. The highest BCUT2D eigenvalue weighted by Crippen LogP contribution is 2.23. The zero-order valence-electron chi connectivity index (χ0n) is 18.6. The minimum atomic E-state index is -0.188. The van der Waals surface area contributed by atoms with Crippen LogP contribution in [0.3, 0.4) is 0 Å². The van der Waals surface area contributed by atoms with E-state index in [9.17, 15) is 4.79 Å². The van der Waals surface area contributed by atoms with E-state index in [2.05, 4.69) is 45.0 Å². The van der Waals surface area contributed by atoms with E-state index in [0.717, 1.165) is 34.8 Å². The number of carbonyl (C=O) groups excluding carboxylic acids is 1. The predicted molar refractivity (Wildman–Crippen MR) is 134 cm³/mol. The number of nitrogens with zero attached hydrogens (tertiary/aromatic N) is 4. The summed E-state index contributed by atoms with van der Waals surface area (Å²) in [5, 5.41) is 13.6. The summed E-state index contributed by atoms with van der Waals surface area (Å²) < 4.78 is 2.01. The summed E-state index contributed by atoms with van der Waals surface area (Å²) in [4.78, 5) is 12.4. The number of nitrogens with one attached hydrogen (secondary N) is 1. The monoisotopic (exact) mass is 455 g/mol. The van der Waals surface area contributed by atoms with Crippen LogP contribution in [0.5, 0.6) is 0 Å². The summed E-state index contributed by atoms with van der Waals surface area (Å²) in [6.07, 6.45) is 0. The van der Waals surface area contributed by atoms with Gasteiger partial charge in [0.2, 0.25) is 0 Å². The normalized spacial score (nSPS) is 11.4. The quantitative estimate of drug-likeness (QED) is 0.223. The van der Waals surface area contributed by atoms with Crippen molar-refractivity contribution in [2.24, 2.45) is 5.10 Å². The van der Waals surface area contributed by atoms with Gasteiger partial charge in [0.25, 0.3) is 5.91 Å². The first-order valence-electron chi connectivity index (χ1n) is 10.8. The molecule has 7 heteroatoms. The third kappa shape index (κ3) is 5.56. The Hall–Kier alpha value is -3.71. The average Bonchev–Trinajstić information content (AvgIpc) is 3.30. The number of benzene rings is 3. The Morgan fingerprint density at radius 3 is 2.12 bits per heavy atom. The molecule has 1 heterocycles. The van der Waals surface area contributed by atoms with Gasteiger partial charge in [-0.3, -0.25) is 4.79 Å². The summed E-state index contributed by atoms with van der Waals surface area (Å²) in [5.41, 5.74) is 7.66. The number of amides is 1. The number of carbonyl (C=O) groups is 1. The Bertz CT molecular complexity index is 1230. The molecule has 0 aliphatic heterocycles. The molecule has 1 aromatic heterocycles. The van der Waals surface area contributed by atoms with Crippen molar-refractivity contribution in [1.29, 1.82) is 0 Å². The van der Waals surface area contributed by atoms with Gasteiger partial charge in [-0.25, -0.2) is 5.43 Å². The molecule has 0 aliphatic carbocycles. The zero-order chi connectivity index (χ0) is 23.0. The van der Waals surface area contributed by atoms with Crippen molar-refractivity contribution in [2.75, 3.05) is 5.75 Å². The molecule has 0 saturated carbocycles. The van der Waals surface area contributed by atoms with E-state index in [1.54, 1.807) is 0 Å². The molecular weight excluding hydrogens is 430 g/mol. The van der Waals surface area contributed by atoms with Gasteiger partial charge in [-0.15, -0.1) is 10.2 Å². The average molecular weight is 456 g/mol. The number of thioether (sulfide) groups is 1. The third-order valence-electron chi connectivity index (χ3n) is 5.16. The predicted octanol–water partition coefficient (Wildman–Crippen LogP) is 5.26. The van der Waals surface area contributed by atoms with Crippen LogP contribution in [0.2, 0.25) is 0 Å². The first-order valence-corrected chi connectivity index (χ1v) is 11.7. The molecule has 0 saturated heterocycles. The second-order valence-electron chi connectivity index (χ2n) is 7.38. The summed E-state index contributed by atoms with van der Waals surface area (Å²) in [6.45, 7) is 4.64. The first kappa shape index (κ1) is 22.5. The molecule has 3 aromatic carbocycles. The standard InChI is InChI=1S/C26H25N5OS/c1-3-31-25(23-12-8-5-9-13-23)29-30-26(31)33-18-24(32)28-27-19(2)20-14-16-22(17-15-20)21-10-6-4-7-11-21/h4-17H,3,18H2,1-2H3,(H,28,32). The lowest BCUT2D eigenvalue weighted by molar-refractivity contribution is -0.118. The van der Waals surface area contributed by atoms with Crippen LogP contribution in [0.15, 0.2) is 95.2 Å². The molecule has 0 atom stereocenters. The van der Waals surface area contributed by atoms with Gasteiger partial charge in [0.05, 0.1) is 11.5 Å². The fourth-order valence-corrected chi connectivity index (χ4v) is 4.18. The van der Waals surface area contributed by atoms with Crippen LogP contribution in [0.4, 0.5) is 0 Å². The SMILES string of the molecule is CCn1c(SCC(=O)NN=C(C)c2ccc(-c3ccccc3)cc2)nnc1-c1ccccc1. The van der Waals surface area contributed by atoms with E-state index in [4.69, 9.17) is 0 Å². The second-order valence-corrected chi connectivity index (χ2v) is 8.32. The van der Waals surface area contributed by atoms with Crippen molar-refractivity contribution >= 4 is 23.4 Å². The fraction of sp³-hybridized carbons (Fsp3) is 0.154. The first-order chi connectivity index (χ1) is 16.2. The Morgan fingerprint density at radius 2 is 1.48 bits per heavy atom. The molecule has 0 spiro atoms. The maximum absolute atomic E-state index is 12.4. The van der Waals surface area contributed by atoms with Gasteiger partial charge in [-0.1, -0.05) is 96.7 Å². The summed E-state index contributed by atoms with van der Waals surface area (Å²) in [5.74, 6) is 0.817. The minimum Gasteiger partial charge on any atom is -0.302 e. The molecule has 4 rings (SSSR count). The van der Waals surface area contributed by atoms with Gasteiger partial charge in [0.1, 0.15) is 0 Å². The summed E-state index contributed by atoms with van der Waals surface area (Å²) in [6, 6.07) is 28.3. The van der Waals surface area contributed by atoms with E-state index >= 15 is 0 Å². The summed E-state index contributed by atoms with van der Waals surface area (Å²) >= 11 is 1.35. The third-order valence-corrected chi connectivity index (χ3v) is 6.12. The molecule has 0 aliphatic rings. The van der Waals surface area contributed by atoms with Crippen LogP contribution < -0.4 is 5.43 Å². The molecule has 33 heavy (non-hydrogen) atoms. The fourth-order valence-electron chi connectivity index (χ4n) is 3.39. The van der Waals surface area contributed by atoms with E-state index in [1.165, 1.54) is 17.3 Å². The van der Waals surface area contributed by atoms with Gasteiger partial charge < -0.3 is 4.57 Å². The lowest BCUT2D eigenvalue weighted by atomic mass is 10.0. The highest BCUT2D eigenvalue weighted by atomic mass is 32.2. The van der Waals surface area contributed by atoms with E-state index in [0.29, 0.717) is 5.16 Å². The maximum atomic E-state index is 12.4. The second kappa shape index (κ2) is 10.7. The van der Waals surface area contributed by atoms with Gasteiger partial charge in [0.15, 0.2) is 11.0 Å². The number of rotatable bonds is 8. The van der Waals surface area contributed by atoms with E-state index < -0.39 is 0 Å². The topological polar surface area (TPSA) is 72.2 Å². The van der Waals surface area contributed by atoms with Gasteiger partial charge in [-0.05, 0) is 30.5 Å². The molecule has 166 valence electrons.